The molecule has 0 saturated carbocycles. The molecule has 2 N–H and O–H groups in total. The number of hydrogen-bond donors (Lipinski definition) is 2. The van der Waals surface area contributed by atoms with Gasteiger partial charge in [-0.3, -0.25) is 4.21 Å². The molecule has 2 unspecified atom stereocenters. The second-order valence-electron chi connectivity index (χ2n) is 6.79. The lowest BCUT2D eigenvalue weighted by atomic mass is 9.79. The summed E-state index contributed by atoms with van der Waals surface area (Å²) in [6, 6.07) is 14.8. The van der Waals surface area contributed by atoms with Crippen molar-refractivity contribution < 1.29 is 27.3 Å². The van der Waals surface area contributed by atoms with Crippen LogP contribution < -0.4 is 5.32 Å². The van der Waals surface area contributed by atoms with Gasteiger partial charge in [-0.1, -0.05) is 36.4 Å². The van der Waals surface area contributed by atoms with Gasteiger partial charge in [-0.15, -0.1) is 0 Å². The second-order valence-corrected chi connectivity index (χ2v) is 8.24. The van der Waals surface area contributed by atoms with Crippen LogP contribution in [-0.4, -0.2) is 21.0 Å². The van der Waals surface area contributed by atoms with Crippen molar-refractivity contribution in [2.45, 2.75) is 23.9 Å². The summed E-state index contributed by atoms with van der Waals surface area (Å²) in [5, 5.41) is 22.3. The number of rotatable bonds is 5. The van der Waals surface area contributed by atoms with E-state index in [2.05, 4.69) is 5.32 Å². The van der Waals surface area contributed by atoms with Crippen LogP contribution in [0.25, 0.3) is 0 Å². The molecule has 160 valence electrons. The van der Waals surface area contributed by atoms with Gasteiger partial charge in [0.05, 0.1) is 45.2 Å². The number of hydrogen-bond acceptors (Lipinski definition) is 4. The maximum atomic E-state index is 13.7. The molecule has 1 aliphatic rings. The Morgan fingerprint density at radius 2 is 1.77 bits per heavy atom. The highest BCUT2D eigenvalue weighted by atomic mass is 32.2. The standard InChI is InChI=1S/C22H17F3N2O3S/c1-13-19(21(28)29)20(15-9-5-6-10-17(15)22(23,24)25)16(11-26)18(27-13)12-31(30)14-7-3-2-4-8-14/h2-10,20,27H,12H2,1H3,(H,28,29). The van der Waals surface area contributed by atoms with Gasteiger partial charge in [-0.05, 0) is 30.7 Å². The van der Waals surface area contributed by atoms with Gasteiger partial charge in [-0.2, -0.15) is 18.4 Å². The largest absolute Gasteiger partial charge is 0.478 e. The minimum atomic E-state index is -4.74. The summed E-state index contributed by atoms with van der Waals surface area (Å²) in [4.78, 5) is 12.4. The van der Waals surface area contributed by atoms with Crippen molar-refractivity contribution in [2.24, 2.45) is 0 Å². The normalized spacial score (nSPS) is 17.7. The number of benzene rings is 2. The predicted molar refractivity (Wildman–Crippen MR) is 108 cm³/mol. The molecule has 2 aromatic carbocycles. The number of allylic oxidation sites excluding steroid dienone is 2. The fraction of sp³-hybridized carbons (Fsp3) is 0.182. The van der Waals surface area contributed by atoms with Crippen LogP contribution in [0.3, 0.4) is 0 Å². The Kier molecular flexibility index (Phi) is 6.32. The third kappa shape index (κ3) is 4.54. The van der Waals surface area contributed by atoms with Crippen molar-refractivity contribution in [2.75, 3.05) is 5.75 Å². The summed E-state index contributed by atoms with van der Waals surface area (Å²) in [5.41, 5.74) is -1.70. The first-order valence-corrected chi connectivity index (χ1v) is 10.4. The van der Waals surface area contributed by atoms with Crippen LogP contribution in [0.4, 0.5) is 13.2 Å². The highest BCUT2D eigenvalue weighted by Crippen LogP contribution is 2.43. The first kappa shape index (κ1) is 22.3. The number of dihydropyridines is 1. The van der Waals surface area contributed by atoms with Crippen molar-refractivity contribution in [1.82, 2.24) is 5.32 Å². The van der Waals surface area contributed by atoms with Gasteiger partial charge in [-0.25, -0.2) is 4.79 Å². The van der Waals surface area contributed by atoms with Crippen molar-refractivity contribution in [1.29, 1.82) is 5.26 Å². The number of carboxylic acids is 1. The molecule has 1 aliphatic heterocycles. The van der Waals surface area contributed by atoms with Crippen LogP contribution in [0.5, 0.6) is 0 Å². The SMILES string of the molecule is CC1=C(C(=O)O)C(c2ccccc2C(F)(F)F)C(C#N)=C(CS(=O)c2ccccc2)N1. The van der Waals surface area contributed by atoms with Gasteiger partial charge < -0.3 is 10.4 Å². The summed E-state index contributed by atoms with van der Waals surface area (Å²) in [7, 11) is -1.60. The fourth-order valence-corrected chi connectivity index (χ4v) is 4.65. The first-order valence-electron chi connectivity index (χ1n) is 9.09. The van der Waals surface area contributed by atoms with E-state index in [9.17, 15) is 32.5 Å². The van der Waals surface area contributed by atoms with Gasteiger partial charge >= 0.3 is 12.1 Å². The third-order valence-corrected chi connectivity index (χ3v) is 6.20. The molecule has 0 aromatic heterocycles. The molecule has 2 aromatic rings. The zero-order chi connectivity index (χ0) is 22.8. The molecule has 0 bridgehead atoms. The predicted octanol–water partition coefficient (Wildman–Crippen LogP) is 4.34. The van der Waals surface area contributed by atoms with Crippen molar-refractivity contribution in [3.8, 4) is 6.07 Å². The highest BCUT2D eigenvalue weighted by Gasteiger charge is 2.41. The minimum absolute atomic E-state index is 0.0912. The van der Waals surface area contributed by atoms with E-state index in [1.165, 1.54) is 19.1 Å². The van der Waals surface area contributed by atoms with Crippen LogP contribution in [0.1, 0.15) is 24.0 Å². The van der Waals surface area contributed by atoms with Crippen LogP contribution in [0.2, 0.25) is 0 Å². The van der Waals surface area contributed by atoms with E-state index in [0.717, 1.165) is 12.1 Å². The third-order valence-electron chi connectivity index (χ3n) is 4.85. The van der Waals surface area contributed by atoms with Crippen LogP contribution in [0.15, 0.2) is 82.0 Å². The average molecular weight is 446 g/mol. The Labute approximate surface area is 179 Å². The lowest BCUT2D eigenvalue weighted by Gasteiger charge is -2.30. The Balaban J connectivity index is 2.18. The summed E-state index contributed by atoms with van der Waals surface area (Å²) in [6.45, 7) is 1.41. The molecule has 0 spiro atoms. The molecule has 0 saturated heterocycles. The van der Waals surface area contributed by atoms with Gasteiger partial charge in [0, 0.05) is 16.3 Å². The van der Waals surface area contributed by atoms with E-state index in [4.69, 9.17) is 0 Å². The topological polar surface area (TPSA) is 90.2 Å². The van der Waals surface area contributed by atoms with E-state index in [-0.39, 0.29) is 33.9 Å². The maximum Gasteiger partial charge on any atom is 0.416 e. The van der Waals surface area contributed by atoms with E-state index < -0.39 is 34.4 Å². The van der Waals surface area contributed by atoms with E-state index in [0.29, 0.717) is 4.90 Å². The summed E-state index contributed by atoms with van der Waals surface area (Å²) < 4.78 is 53.8. The van der Waals surface area contributed by atoms with Gasteiger partial charge in [0.1, 0.15) is 0 Å². The van der Waals surface area contributed by atoms with Crippen LogP contribution in [0, 0.1) is 11.3 Å². The monoisotopic (exact) mass is 446 g/mol. The molecule has 31 heavy (non-hydrogen) atoms. The Bertz CT molecular complexity index is 1150. The lowest BCUT2D eigenvalue weighted by Crippen LogP contribution is -2.31. The van der Waals surface area contributed by atoms with E-state index >= 15 is 0 Å². The number of aliphatic carboxylic acids is 1. The zero-order valence-corrected chi connectivity index (χ0v) is 17.1. The molecule has 0 fully saturated rings. The molecule has 2 atom stereocenters. The zero-order valence-electron chi connectivity index (χ0n) is 16.2. The number of halogens is 3. The molecule has 1 heterocycles. The quantitative estimate of drug-likeness (QED) is 0.713. The summed E-state index contributed by atoms with van der Waals surface area (Å²) >= 11 is 0. The Morgan fingerprint density at radius 3 is 2.35 bits per heavy atom. The molecule has 0 radical (unpaired) electrons. The van der Waals surface area contributed by atoms with E-state index in [1.807, 2.05) is 6.07 Å². The van der Waals surface area contributed by atoms with Gasteiger partial charge in [0.25, 0.3) is 0 Å². The molecule has 3 rings (SSSR count). The summed E-state index contributed by atoms with van der Waals surface area (Å²) in [6.07, 6.45) is -4.74. The molecule has 0 amide bonds. The number of nitrogens with zero attached hydrogens (tertiary/aromatic N) is 1. The summed E-state index contributed by atoms with van der Waals surface area (Å²) in [5.74, 6) is -3.07. The number of carboxylic acid groups (broad SMARTS) is 1. The minimum Gasteiger partial charge on any atom is -0.478 e. The number of nitriles is 1. The van der Waals surface area contributed by atoms with Crippen LogP contribution >= 0.6 is 0 Å². The number of alkyl halides is 3. The Hall–Kier alpha value is -3.38. The first-order chi connectivity index (χ1) is 14.6. The Morgan fingerprint density at radius 1 is 1.16 bits per heavy atom. The fourth-order valence-electron chi connectivity index (χ4n) is 3.53. The average Bonchev–Trinajstić information content (AvgIpc) is 2.73. The van der Waals surface area contributed by atoms with Crippen molar-refractivity contribution in [3.05, 3.63) is 88.3 Å². The number of carbonyl (C=O) groups is 1. The molecule has 5 nitrogen and oxygen atoms in total. The smallest absolute Gasteiger partial charge is 0.416 e. The van der Waals surface area contributed by atoms with E-state index in [1.54, 1.807) is 30.3 Å². The molecular formula is C22H17F3N2O3S. The van der Waals surface area contributed by atoms with Gasteiger partial charge in [0.2, 0.25) is 0 Å². The van der Waals surface area contributed by atoms with Crippen LogP contribution in [-0.2, 0) is 21.8 Å². The second kappa shape index (κ2) is 8.78. The molecule has 9 heteroatoms. The van der Waals surface area contributed by atoms with Crippen molar-refractivity contribution in [3.63, 3.8) is 0 Å². The van der Waals surface area contributed by atoms with Gasteiger partial charge in [0.15, 0.2) is 0 Å². The number of nitrogens with one attached hydrogen (secondary N) is 1. The van der Waals surface area contributed by atoms with Crippen molar-refractivity contribution >= 4 is 16.8 Å². The highest BCUT2D eigenvalue weighted by molar-refractivity contribution is 7.85. The maximum absolute atomic E-state index is 13.7. The molecule has 0 aliphatic carbocycles. The molecular weight excluding hydrogens is 429 g/mol. The lowest BCUT2D eigenvalue weighted by molar-refractivity contribution is -0.139.